The van der Waals surface area contributed by atoms with Gasteiger partial charge in [0.25, 0.3) is 10.1 Å². The first-order valence-electron chi connectivity index (χ1n) is 5.37. The molecule has 8 nitrogen and oxygen atoms in total. The van der Waals surface area contributed by atoms with Crippen molar-refractivity contribution in [1.82, 2.24) is 0 Å². The van der Waals surface area contributed by atoms with E-state index < -0.39 is 28.1 Å². The predicted molar refractivity (Wildman–Crippen MR) is 68.7 cm³/mol. The number of aliphatic carboxylic acids is 2. The molecule has 5 N–H and O–H groups in total. The summed E-state index contributed by atoms with van der Waals surface area (Å²) >= 11 is 0. The van der Waals surface area contributed by atoms with Crippen molar-refractivity contribution in [3.8, 4) is 0 Å². The molecule has 0 aliphatic carbocycles. The minimum absolute atomic E-state index is 0.0231. The van der Waals surface area contributed by atoms with Crippen LogP contribution in [0.4, 0.5) is 0 Å². The molecule has 0 bridgehead atoms. The Hall–Kier alpha value is -1.97. The normalized spacial score (nSPS) is 11.9. The van der Waals surface area contributed by atoms with Gasteiger partial charge in [-0.3, -0.25) is 14.1 Å². The van der Waals surface area contributed by atoms with E-state index in [1.54, 1.807) is 18.2 Å². The maximum Gasteiger partial charge on any atom is 0.320 e. The van der Waals surface area contributed by atoms with Crippen molar-refractivity contribution in [2.24, 2.45) is 5.73 Å². The van der Waals surface area contributed by atoms with Gasteiger partial charge in [0.1, 0.15) is 6.04 Å². The molecule has 1 aromatic carbocycles. The molecule has 1 rings (SSSR count). The van der Waals surface area contributed by atoms with Crippen LogP contribution in [-0.2, 0) is 19.7 Å². The second kappa shape index (κ2) is 8.25. The quantitative estimate of drug-likeness (QED) is 0.562. The fourth-order valence-corrected chi connectivity index (χ4v) is 1.50. The lowest BCUT2D eigenvalue weighted by molar-refractivity contribution is -0.139. The molecule has 1 atom stereocenters. The van der Waals surface area contributed by atoms with Gasteiger partial charge in [-0.1, -0.05) is 18.2 Å². The second-order valence-corrected chi connectivity index (χ2v) is 5.09. The van der Waals surface area contributed by atoms with Gasteiger partial charge in [-0.2, -0.15) is 8.42 Å². The summed E-state index contributed by atoms with van der Waals surface area (Å²) in [7, 11) is -4.00. The van der Waals surface area contributed by atoms with Crippen molar-refractivity contribution in [2.45, 2.75) is 23.8 Å². The minimum atomic E-state index is -4.00. The molecule has 0 radical (unpaired) electrons. The van der Waals surface area contributed by atoms with E-state index in [0.29, 0.717) is 0 Å². The average Bonchev–Trinajstić information content (AvgIpc) is 2.36. The Labute approximate surface area is 115 Å². The largest absolute Gasteiger partial charge is 0.481 e. The Balaban J connectivity index is 0.000000361. The van der Waals surface area contributed by atoms with Crippen LogP contribution in [0, 0.1) is 0 Å². The van der Waals surface area contributed by atoms with Gasteiger partial charge in [-0.15, -0.1) is 0 Å². The number of nitrogens with two attached hydrogens (primary N) is 1. The summed E-state index contributed by atoms with van der Waals surface area (Å²) in [5.41, 5.74) is 5.00. The van der Waals surface area contributed by atoms with E-state index in [-0.39, 0.29) is 17.7 Å². The summed E-state index contributed by atoms with van der Waals surface area (Å²) in [6.07, 6.45) is -0.224. The van der Waals surface area contributed by atoms with Crippen LogP contribution in [0.5, 0.6) is 0 Å². The highest BCUT2D eigenvalue weighted by atomic mass is 32.2. The number of carboxylic acids is 2. The summed E-state index contributed by atoms with van der Waals surface area (Å²) in [5, 5.41) is 16.3. The monoisotopic (exact) mass is 305 g/mol. The number of rotatable bonds is 5. The van der Waals surface area contributed by atoms with Gasteiger partial charge in [0, 0.05) is 6.42 Å². The Morgan fingerprint density at radius 2 is 1.65 bits per heavy atom. The van der Waals surface area contributed by atoms with Crippen LogP contribution in [0.25, 0.3) is 0 Å². The highest BCUT2D eigenvalue weighted by molar-refractivity contribution is 7.85. The molecular formula is C11H15NO7S. The van der Waals surface area contributed by atoms with Crippen LogP contribution in [0.1, 0.15) is 12.8 Å². The third kappa shape index (κ3) is 8.19. The van der Waals surface area contributed by atoms with Crippen LogP contribution in [0.2, 0.25) is 0 Å². The van der Waals surface area contributed by atoms with Gasteiger partial charge < -0.3 is 15.9 Å². The van der Waals surface area contributed by atoms with Crippen molar-refractivity contribution in [2.75, 3.05) is 0 Å². The molecular weight excluding hydrogens is 290 g/mol. The molecule has 0 unspecified atom stereocenters. The fourth-order valence-electron chi connectivity index (χ4n) is 0.995. The molecule has 0 saturated carbocycles. The molecule has 0 amide bonds. The summed E-state index contributed by atoms with van der Waals surface area (Å²) < 4.78 is 29.2. The van der Waals surface area contributed by atoms with E-state index >= 15 is 0 Å². The van der Waals surface area contributed by atoms with E-state index in [1.807, 2.05) is 0 Å². The molecule has 0 aliphatic rings. The summed E-state index contributed by atoms with van der Waals surface area (Å²) in [6.45, 7) is 0. The Morgan fingerprint density at radius 3 is 1.95 bits per heavy atom. The Morgan fingerprint density at radius 1 is 1.15 bits per heavy atom. The van der Waals surface area contributed by atoms with Crippen LogP contribution in [0.3, 0.4) is 0 Å². The van der Waals surface area contributed by atoms with E-state index in [2.05, 4.69) is 0 Å². The highest BCUT2D eigenvalue weighted by Crippen LogP contribution is 2.05. The van der Waals surface area contributed by atoms with E-state index in [0.717, 1.165) is 0 Å². The number of carboxylic acid groups (broad SMARTS) is 2. The molecule has 112 valence electrons. The zero-order valence-corrected chi connectivity index (χ0v) is 11.2. The maximum atomic E-state index is 10.4. The predicted octanol–water partition coefficient (Wildman–Crippen LogP) is 0.196. The van der Waals surface area contributed by atoms with Crippen molar-refractivity contribution < 1.29 is 32.8 Å². The van der Waals surface area contributed by atoms with Gasteiger partial charge in [-0.25, -0.2) is 0 Å². The van der Waals surface area contributed by atoms with Gasteiger partial charge in [0.2, 0.25) is 0 Å². The zero-order chi connectivity index (χ0) is 15.8. The van der Waals surface area contributed by atoms with Crippen LogP contribution in [0.15, 0.2) is 35.2 Å². The zero-order valence-electron chi connectivity index (χ0n) is 10.3. The molecule has 0 aliphatic heterocycles. The minimum Gasteiger partial charge on any atom is -0.481 e. The fraction of sp³-hybridized carbons (Fsp3) is 0.273. The van der Waals surface area contributed by atoms with Crippen molar-refractivity contribution in [3.05, 3.63) is 30.3 Å². The van der Waals surface area contributed by atoms with Gasteiger partial charge in [0.15, 0.2) is 0 Å². The summed E-state index contributed by atoms with van der Waals surface area (Å²) in [5.74, 6) is -2.20. The highest BCUT2D eigenvalue weighted by Gasteiger charge is 2.12. The molecule has 0 heterocycles. The van der Waals surface area contributed by atoms with Crippen molar-refractivity contribution in [1.29, 1.82) is 0 Å². The third-order valence-corrected chi connectivity index (χ3v) is 2.90. The van der Waals surface area contributed by atoms with Crippen LogP contribution >= 0.6 is 0 Å². The third-order valence-electron chi connectivity index (χ3n) is 2.03. The molecule has 0 saturated heterocycles. The summed E-state index contributed by atoms with van der Waals surface area (Å²) in [4.78, 5) is 19.8. The molecule has 20 heavy (non-hydrogen) atoms. The molecule has 1 aromatic rings. The molecule has 0 fully saturated rings. The smallest absolute Gasteiger partial charge is 0.320 e. The van der Waals surface area contributed by atoms with Crippen LogP contribution < -0.4 is 5.73 Å². The second-order valence-electron chi connectivity index (χ2n) is 3.67. The number of carbonyl (C=O) groups is 2. The topological polar surface area (TPSA) is 155 Å². The standard InChI is InChI=1S/C6H6O3S.C5H9NO4/c7-10(8,9)6-4-2-1-3-5-6;6-3(5(9)10)1-2-4(7)8/h1-5H,(H,7,8,9);3H,1-2,6H2,(H,7,8)(H,9,10)/t;3-/m.0/s1. The van der Waals surface area contributed by atoms with Gasteiger partial charge in [-0.05, 0) is 18.6 Å². The van der Waals surface area contributed by atoms with Gasteiger partial charge >= 0.3 is 11.9 Å². The summed E-state index contributed by atoms with van der Waals surface area (Å²) in [6, 6.07) is 6.36. The van der Waals surface area contributed by atoms with Gasteiger partial charge in [0.05, 0.1) is 4.90 Å². The first kappa shape index (κ1) is 18.0. The van der Waals surface area contributed by atoms with E-state index in [4.69, 9.17) is 20.5 Å². The van der Waals surface area contributed by atoms with Crippen molar-refractivity contribution >= 4 is 22.1 Å². The number of hydrogen-bond donors (Lipinski definition) is 4. The average molecular weight is 305 g/mol. The molecule has 9 heteroatoms. The first-order valence-corrected chi connectivity index (χ1v) is 6.81. The SMILES string of the molecule is N[C@@H](CCC(=O)O)C(=O)O.O=S(=O)(O)c1ccccc1. The lowest BCUT2D eigenvalue weighted by Gasteiger charge is -2.01. The Bertz CT molecular complexity index is 541. The lowest BCUT2D eigenvalue weighted by Crippen LogP contribution is -2.30. The van der Waals surface area contributed by atoms with E-state index in [9.17, 15) is 18.0 Å². The number of benzene rings is 1. The number of hydrogen-bond acceptors (Lipinski definition) is 5. The Kier molecular flexibility index (Phi) is 7.44. The first-order chi connectivity index (χ1) is 9.14. The molecule has 0 aromatic heterocycles. The van der Waals surface area contributed by atoms with E-state index in [1.165, 1.54) is 12.1 Å². The lowest BCUT2D eigenvalue weighted by atomic mass is 10.2. The van der Waals surface area contributed by atoms with Crippen LogP contribution in [-0.4, -0.2) is 41.2 Å². The maximum absolute atomic E-state index is 10.4. The molecule has 0 spiro atoms. The van der Waals surface area contributed by atoms with Crippen molar-refractivity contribution in [3.63, 3.8) is 0 Å².